The van der Waals surface area contributed by atoms with E-state index in [1.165, 1.54) is 0 Å². The second kappa shape index (κ2) is 3.07. The van der Waals surface area contributed by atoms with E-state index in [1.54, 1.807) is 11.8 Å². The molecule has 0 N–H and O–H groups in total. The third-order valence-electron chi connectivity index (χ3n) is 3.10. The van der Waals surface area contributed by atoms with Crippen molar-refractivity contribution in [3.8, 4) is 0 Å². The average Bonchev–Trinajstić information content (AvgIpc) is 2.32. The van der Waals surface area contributed by atoms with Gasteiger partial charge in [-0.2, -0.15) is 0 Å². The van der Waals surface area contributed by atoms with E-state index in [0.717, 1.165) is 0 Å². The molecule has 14 heavy (non-hydrogen) atoms. The largest absolute Gasteiger partial charge is 0.326 e. The van der Waals surface area contributed by atoms with Crippen LogP contribution < -0.4 is 0 Å². The molecule has 2 heterocycles. The highest BCUT2D eigenvalue weighted by Crippen LogP contribution is 2.50. The summed E-state index contributed by atoms with van der Waals surface area (Å²) in [6.07, 6.45) is 0.640. The van der Waals surface area contributed by atoms with Crippen LogP contribution in [-0.2, 0) is 4.79 Å². The number of fused-ring (bicyclic) bond motifs is 1. The van der Waals surface area contributed by atoms with Crippen LogP contribution in [-0.4, -0.2) is 33.5 Å². The lowest BCUT2D eigenvalue weighted by molar-refractivity contribution is -0.143. The third-order valence-corrected chi connectivity index (χ3v) is 4.78. The van der Waals surface area contributed by atoms with Gasteiger partial charge in [0.25, 0.3) is 0 Å². The third kappa shape index (κ3) is 1.18. The highest BCUT2D eigenvalue weighted by Gasteiger charge is 2.55. The van der Waals surface area contributed by atoms with E-state index < -0.39 is 0 Å². The van der Waals surface area contributed by atoms with Crippen molar-refractivity contribution >= 4 is 17.7 Å². The predicted octanol–water partition coefficient (Wildman–Crippen LogP) is 1.75. The number of hydrogen-bond acceptors (Lipinski definition) is 3. The normalized spacial score (nSPS) is 40.1. The van der Waals surface area contributed by atoms with Crippen molar-refractivity contribution < 1.29 is 4.79 Å². The van der Waals surface area contributed by atoms with E-state index in [4.69, 9.17) is 5.53 Å². The van der Waals surface area contributed by atoms with Crippen LogP contribution in [0.4, 0.5) is 0 Å². The van der Waals surface area contributed by atoms with Crippen molar-refractivity contribution in [2.24, 2.45) is 5.11 Å². The quantitative estimate of drug-likeness (QED) is 0.303. The Kier molecular flexibility index (Phi) is 2.12. The highest BCUT2D eigenvalue weighted by molar-refractivity contribution is 8.01. The molecule has 1 amide bonds. The van der Waals surface area contributed by atoms with Crippen LogP contribution in [0.2, 0.25) is 0 Å². The minimum Gasteiger partial charge on any atom is -0.326 e. The first kappa shape index (κ1) is 9.68. The summed E-state index contributed by atoms with van der Waals surface area (Å²) < 4.78 is -0.108. The minimum absolute atomic E-state index is 0.108. The van der Waals surface area contributed by atoms with Gasteiger partial charge >= 0.3 is 0 Å². The van der Waals surface area contributed by atoms with E-state index in [0.29, 0.717) is 18.3 Å². The molecule has 2 aliphatic heterocycles. The van der Waals surface area contributed by atoms with Crippen molar-refractivity contribution in [2.45, 2.75) is 36.4 Å². The molecule has 0 aromatic heterocycles. The van der Waals surface area contributed by atoms with E-state index in [9.17, 15) is 4.79 Å². The van der Waals surface area contributed by atoms with Gasteiger partial charge in [-0.3, -0.25) is 4.79 Å². The number of carbonyl (C=O) groups excluding carboxylic acids is 1. The Hall–Kier alpha value is -0.870. The summed E-state index contributed by atoms with van der Waals surface area (Å²) in [5.74, 6) is 0.222. The van der Waals surface area contributed by atoms with Crippen molar-refractivity contribution in [2.75, 3.05) is 6.54 Å². The summed E-state index contributed by atoms with van der Waals surface area (Å²) in [6.45, 7) is 4.54. The van der Waals surface area contributed by atoms with Crippen molar-refractivity contribution in [1.29, 1.82) is 0 Å². The summed E-state index contributed by atoms with van der Waals surface area (Å²) in [7, 11) is 0. The number of rotatable bonds is 2. The van der Waals surface area contributed by atoms with Gasteiger partial charge in [0.05, 0.1) is 11.8 Å². The standard InChI is InChI=1S/C8H12N4OS/c1-5-8(2,4-10-11-9)14-7-3-6(13)12(5)7/h5,7H,3-4H2,1-2H3/t5-,7?,8-/m0/s1. The van der Waals surface area contributed by atoms with Gasteiger partial charge in [0.1, 0.15) is 0 Å². The lowest BCUT2D eigenvalue weighted by Crippen LogP contribution is -2.53. The number of nitrogens with zero attached hydrogens (tertiary/aromatic N) is 4. The lowest BCUT2D eigenvalue weighted by atomic mass is 9.98. The van der Waals surface area contributed by atoms with E-state index in [1.807, 2.05) is 11.8 Å². The zero-order valence-corrected chi connectivity index (χ0v) is 8.99. The van der Waals surface area contributed by atoms with Crippen molar-refractivity contribution in [1.82, 2.24) is 4.90 Å². The molecular weight excluding hydrogens is 200 g/mol. The molecule has 76 valence electrons. The monoisotopic (exact) mass is 212 g/mol. The molecule has 0 radical (unpaired) electrons. The van der Waals surface area contributed by atoms with Crippen LogP contribution in [0, 0.1) is 0 Å². The first-order valence-electron chi connectivity index (χ1n) is 4.58. The second-order valence-electron chi connectivity index (χ2n) is 3.96. The van der Waals surface area contributed by atoms with Gasteiger partial charge in [0.15, 0.2) is 0 Å². The van der Waals surface area contributed by atoms with Crippen molar-refractivity contribution in [3.63, 3.8) is 0 Å². The van der Waals surface area contributed by atoms with Crippen LogP contribution in [0.1, 0.15) is 20.3 Å². The molecule has 2 saturated heterocycles. The molecule has 0 saturated carbocycles. The van der Waals surface area contributed by atoms with Crippen molar-refractivity contribution in [3.05, 3.63) is 10.4 Å². The summed E-state index contributed by atoms with van der Waals surface area (Å²) in [4.78, 5) is 16.0. The van der Waals surface area contributed by atoms with E-state index >= 15 is 0 Å². The van der Waals surface area contributed by atoms with Crippen LogP contribution in [0.3, 0.4) is 0 Å². The Morgan fingerprint density at radius 3 is 3.07 bits per heavy atom. The number of β-lactam (4-membered cyclic amide) rings is 1. The Labute approximate surface area is 86.5 Å². The number of carbonyl (C=O) groups is 1. The molecule has 0 bridgehead atoms. The summed E-state index contributed by atoms with van der Waals surface area (Å²) in [5.41, 5.74) is 8.30. The smallest absolute Gasteiger partial charge is 0.226 e. The molecule has 2 rings (SSSR count). The van der Waals surface area contributed by atoms with Gasteiger partial charge in [0, 0.05) is 22.2 Å². The number of hydrogen-bond donors (Lipinski definition) is 0. The van der Waals surface area contributed by atoms with Gasteiger partial charge in [-0.1, -0.05) is 5.11 Å². The average molecular weight is 212 g/mol. The zero-order chi connectivity index (χ0) is 10.3. The molecular formula is C8H12N4OS. The Morgan fingerprint density at radius 1 is 1.86 bits per heavy atom. The molecule has 0 aliphatic carbocycles. The van der Waals surface area contributed by atoms with Gasteiger partial charge < -0.3 is 4.90 Å². The van der Waals surface area contributed by atoms with Gasteiger partial charge in [-0.25, -0.2) is 0 Å². The van der Waals surface area contributed by atoms with Crippen LogP contribution in [0.15, 0.2) is 5.11 Å². The number of thioether (sulfide) groups is 1. The SMILES string of the molecule is C[C@@H]1N2C(=O)CC2S[C@@]1(C)CN=[N+]=[N-]. The topological polar surface area (TPSA) is 69.1 Å². The molecule has 0 spiro atoms. The molecule has 1 unspecified atom stereocenters. The summed E-state index contributed by atoms with van der Waals surface area (Å²) in [5, 5.41) is 3.94. The maximum absolute atomic E-state index is 11.3. The molecule has 6 heteroatoms. The number of amides is 1. The summed E-state index contributed by atoms with van der Waals surface area (Å²) >= 11 is 1.75. The van der Waals surface area contributed by atoms with E-state index in [-0.39, 0.29) is 16.7 Å². The van der Waals surface area contributed by atoms with Crippen LogP contribution >= 0.6 is 11.8 Å². The second-order valence-corrected chi connectivity index (χ2v) is 5.67. The predicted molar refractivity (Wildman–Crippen MR) is 54.7 cm³/mol. The molecule has 3 atom stereocenters. The zero-order valence-electron chi connectivity index (χ0n) is 8.17. The fourth-order valence-electron chi connectivity index (χ4n) is 2.01. The Bertz CT molecular complexity index is 327. The van der Waals surface area contributed by atoms with Crippen LogP contribution in [0.5, 0.6) is 0 Å². The lowest BCUT2D eigenvalue weighted by Gasteiger charge is -2.37. The fraction of sp³-hybridized carbons (Fsp3) is 0.875. The maximum Gasteiger partial charge on any atom is 0.226 e. The maximum atomic E-state index is 11.3. The fourth-order valence-corrected chi connectivity index (χ4v) is 3.71. The number of azide groups is 1. The molecule has 0 aromatic carbocycles. The van der Waals surface area contributed by atoms with Gasteiger partial charge in [-0.05, 0) is 19.4 Å². The summed E-state index contributed by atoms with van der Waals surface area (Å²) in [6, 6.07) is 0.171. The van der Waals surface area contributed by atoms with Crippen LogP contribution in [0.25, 0.3) is 10.4 Å². The minimum atomic E-state index is -0.108. The van der Waals surface area contributed by atoms with E-state index in [2.05, 4.69) is 16.9 Å². The highest BCUT2D eigenvalue weighted by atomic mass is 32.2. The first-order valence-corrected chi connectivity index (χ1v) is 5.46. The molecule has 2 fully saturated rings. The molecule has 2 aliphatic rings. The Morgan fingerprint density at radius 2 is 2.57 bits per heavy atom. The van der Waals surface area contributed by atoms with Gasteiger partial charge in [-0.15, -0.1) is 11.8 Å². The first-order chi connectivity index (χ1) is 6.58. The molecule has 0 aromatic rings. The Balaban J connectivity index is 2.15. The van der Waals surface area contributed by atoms with Gasteiger partial charge in [0.2, 0.25) is 5.91 Å². The molecule has 5 nitrogen and oxygen atoms in total.